The molecule has 3 N–H and O–H groups in total. The molecule has 0 aliphatic carbocycles. The number of amides is 3. The van der Waals surface area contributed by atoms with Gasteiger partial charge in [0.05, 0.1) is 6.54 Å². The monoisotopic (exact) mass is 359 g/mol. The SMILES string of the molecule is CCN1C(=O)N(OS(=O)(=O)O)CC[C@H]1C(=O)Nc1cccc(O)c1. The fourth-order valence-electron chi connectivity index (χ4n) is 2.39. The average Bonchev–Trinajstić information content (AvgIpc) is 2.47. The Hall–Kier alpha value is -2.37. The molecule has 10 nitrogen and oxygen atoms in total. The van der Waals surface area contributed by atoms with Gasteiger partial charge in [0.2, 0.25) is 5.91 Å². The van der Waals surface area contributed by atoms with Gasteiger partial charge in [0.25, 0.3) is 0 Å². The Labute approximate surface area is 138 Å². The van der Waals surface area contributed by atoms with Gasteiger partial charge in [0, 0.05) is 18.3 Å². The van der Waals surface area contributed by atoms with Crippen molar-refractivity contribution in [2.45, 2.75) is 19.4 Å². The molecule has 0 aromatic heterocycles. The van der Waals surface area contributed by atoms with Crippen molar-refractivity contribution in [3.63, 3.8) is 0 Å². The van der Waals surface area contributed by atoms with Crippen molar-refractivity contribution in [2.24, 2.45) is 0 Å². The maximum atomic E-state index is 12.4. The number of urea groups is 1. The van der Waals surface area contributed by atoms with Crippen LogP contribution in [0.1, 0.15) is 13.3 Å². The Morgan fingerprint density at radius 2 is 2.17 bits per heavy atom. The number of likely N-dealkylation sites (N-methyl/N-ethyl adjacent to an activating group) is 1. The van der Waals surface area contributed by atoms with Gasteiger partial charge in [0.15, 0.2) is 0 Å². The number of aromatic hydroxyl groups is 1. The van der Waals surface area contributed by atoms with Gasteiger partial charge in [-0.1, -0.05) is 6.07 Å². The van der Waals surface area contributed by atoms with E-state index in [9.17, 15) is 23.1 Å². The quantitative estimate of drug-likeness (QED) is 0.654. The van der Waals surface area contributed by atoms with E-state index in [2.05, 4.69) is 9.60 Å². The Kier molecular flexibility index (Phi) is 5.26. The molecule has 1 atom stereocenters. The fraction of sp³-hybridized carbons (Fsp3) is 0.385. The summed E-state index contributed by atoms with van der Waals surface area (Å²) in [6.07, 6.45) is 0.0970. The van der Waals surface area contributed by atoms with Crippen LogP contribution in [0.15, 0.2) is 24.3 Å². The van der Waals surface area contributed by atoms with Crippen LogP contribution in [-0.2, 0) is 19.5 Å². The number of anilines is 1. The molecular weight excluding hydrogens is 342 g/mol. The van der Waals surface area contributed by atoms with Crippen molar-refractivity contribution < 1.29 is 31.9 Å². The molecule has 1 saturated heterocycles. The highest BCUT2D eigenvalue weighted by Gasteiger charge is 2.38. The van der Waals surface area contributed by atoms with Gasteiger partial charge in [-0.15, -0.1) is 4.28 Å². The summed E-state index contributed by atoms with van der Waals surface area (Å²) < 4.78 is 34.4. The van der Waals surface area contributed by atoms with E-state index in [4.69, 9.17) is 4.55 Å². The molecule has 0 radical (unpaired) electrons. The second-order valence-corrected chi connectivity index (χ2v) is 6.02. The zero-order chi connectivity index (χ0) is 17.9. The van der Waals surface area contributed by atoms with E-state index < -0.39 is 28.4 Å². The topological polar surface area (TPSA) is 136 Å². The number of nitrogens with zero attached hydrogens (tertiary/aromatic N) is 2. The minimum absolute atomic E-state index is 0.0207. The summed E-state index contributed by atoms with van der Waals surface area (Å²) in [4.78, 5) is 25.7. The summed E-state index contributed by atoms with van der Waals surface area (Å²) >= 11 is 0. The standard InChI is InChI=1S/C13H17N3O7S/c1-2-15-11(6-7-16(13(15)19)23-24(20,21)22)12(18)14-9-4-3-5-10(17)8-9/h3-5,8,11,17H,2,6-7H2,1H3,(H,14,18)(H,20,21,22)/t11-/m0/s1. The minimum atomic E-state index is -4.83. The molecule has 1 aliphatic heterocycles. The maximum Gasteiger partial charge on any atom is 0.418 e. The predicted molar refractivity (Wildman–Crippen MR) is 82.3 cm³/mol. The Morgan fingerprint density at radius 1 is 1.46 bits per heavy atom. The zero-order valence-electron chi connectivity index (χ0n) is 12.7. The van der Waals surface area contributed by atoms with Gasteiger partial charge in [-0.25, -0.2) is 4.79 Å². The van der Waals surface area contributed by atoms with E-state index in [1.54, 1.807) is 19.1 Å². The number of benzene rings is 1. The highest BCUT2D eigenvalue weighted by atomic mass is 32.3. The minimum Gasteiger partial charge on any atom is -0.508 e. The molecule has 0 bridgehead atoms. The van der Waals surface area contributed by atoms with Crippen LogP contribution < -0.4 is 5.32 Å². The molecule has 0 saturated carbocycles. The van der Waals surface area contributed by atoms with Crippen molar-refractivity contribution in [3.8, 4) is 5.75 Å². The molecule has 1 aliphatic rings. The van der Waals surface area contributed by atoms with E-state index in [0.717, 1.165) is 4.90 Å². The van der Waals surface area contributed by atoms with Crippen LogP contribution in [0.2, 0.25) is 0 Å². The lowest BCUT2D eigenvalue weighted by Gasteiger charge is -2.38. The second kappa shape index (κ2) is 7.03. The lowest BCUT2D eigenvalue weighted by molar-refractivity contribution is -0.124. The first-order valence-corrected chi connectivity index (χ1v) is 8.43. The van der Waals surface area contributed by atoms with E-state index in [-0.39, 0.29) is 25.3 Å². The molecular formula is C13H17N3O7S. The first-order valence-electron chi connectivity index (χ1n) is 7.06. The summed E-state index contributed by atoms with van der Waals surface area (Å²) in [5.74, 6) is -0.505. The Bertz CT molecular complexity index is 737. The summed E-state index contributed by atoms with van der Waals surface area (Å²) in [5, 5.41) is 12.5. The van der Waals surface area contributed by atoms with Crippen LogP contribution in [-0.4, -0.2) is 59.1 Å². The molecule has 1 heterocycles. The molecule has 11 heteroatoms. The lowest BCUT2D eigenvalue weighted by Crippen LogP contribution is -2.58. The summed E-state index contributed by atoms with van der Waals surface area (Å²) in [6, 6.07) is 4.24. The molecule has 1 aromatic rings. The van der Waals surface area contributed by atoms with E-state index in [1.165, 1.54) is 12.1 Å². The number of hydrogen-bond acceptors (Lipinski definition) is 6. The van der Waals surface area contributed by atoms with Gasteiger partial charge < -0.3 is 15.3 Å². The van der Waals surface area contributed by atoms with Crippen LogP contribution in [0.5, 0.6) is 5.75 Å². The number of phenols is 1. The van der Waals surface area contributed by atoms with Crippen molar-refractivity contribution in [1.82, 2.24) is 9.96 Å². The number of hydrogen-bond donors (Lipinski definition) is 3. The van der Waals surface area contributed by atoms with Crippen molar-refractivity contribution in [2.75, 3.05) is 18.4 Å². The van der Waals surface area contributed by atoms with Gasteiger partial charge in [-0.3, -0.25) is 9.35 Å². The molecule has 1 aromatic carbocycles. The van der Waals surface area contributed by atoms with Crippen LogP contribution in [0, 0.1) is 0 Å². The number of carbonyl (C=O) groups is 2. The fourth-order valence-corrected chi connectivity index (χ4v) is 2.75. The van der Waals surface area contributed by atoms with Crippen LogP contribution in [0.3, 0.4) is 0 Å². The third-order valence-corrected chi connectivity index (χ3v) is 3.75. The molecule has 3 amide bonds. The highest BCUT2D eigenvalue weighted by molar-refractivity contribution is 7.80. The molecule has 1 fully saturated rings. The van der Waals surface area contributed by atoms with Crippen molar-refractivity contribution in [3.05, 3.63) is 24.3 Å². The molecule has 24 heavy (non-hydrogen) atoms. The molecule has 0 spiro atoms. The van der Waals surface area contributed by atoms with Crippen molar-refractivity contribution in [1.29, 1.82) is 0 Å². The first-order chi connectivity index (χ1) is 11.2. The van der Waals surface area contributed by atoms with Gasteiger partial charge in [-0.05, 0) is 25.5 Å². The number of hydroxylamine groups is 2. The number of nitrogens with one attached hydrogen (secondary N) is 1. The zero-order valence-corrected chi connectivity index (χ0v) is 13.6. The van der Waals surface area contributed by atoms with Gasteiger partial charge in [0.1, 0.15) is 11.8 Å². The largest absolute Gasteiger partial charge is 0.508 e. The normalized spacial score (nSPS) is 18.6. The highest BCUT2D eigenvalue weighted by Crippen LogP contribution is 2.21. The van der Waals surface area contributed by atoms with Crippen LogP contribution in [0.25, 0.3) is 0 Å². The predicted octanol–water partition coefficient (Wildman–Crippen LogP) is 0.581. The van der Waals surface area contributed by atoms with Gasteiger partial charge in [-0.2, -0.15) is 13.5 Å². The summed E-state index contributed by atoms with van der Waals surface area (Å²) in [7, 11) is -4.83. The molecule has 132 valence electrons. The first kappa shape index (κ1) is 18.0. The van der Waals surface area contributed by atoms with E-state index >= 15 is 0 Å². The van der Waals surface area contributed by atoms with E-state index in [1.807, 2.05) is 0 Å². The summed E-state index contributed by atoms with van der Waals surface area (Å²) in [6.45, 7) is 1.55. The van der Waals surface area contributed by atoms with Gasteiger partial charge >= 0.3 is 16.4 Å². The summed E-state index contributed by atoms with van der Waals surface area (Å²) in [5.41, 5.74) is 0.361. The van der Waals surface area contributed by atoms with E-state index in [0.29, 0.717) is 10.8 Å². The number of carbonyl (C=O) groups excluding carboxylic acids is 2. The van der Waals surface area contributed by atoms with Crippen LogP contribution >= 0.6 is 0 Å². The third kappa shape index (κ3) is 4.34. The van der Waals surface area contributed by atoms with Crippen molar-refractivity contribution >= 4 is 28.0 Å². The number of rotatable bonds is 5. The number of phenolic OH excluding ortho intramolecular Hbond substituents is 1. The molecule has 2 rings (SSSR count). The smallest absolute Gasteiger partial charge is 0.418 e. The lowest BCUT2D eigenvalue weighted by atomic mass is 10.1. The third-order valence-electron chi connectivity index (χ3n) is 3.38. The van der Waals surface area contributed by atoms with Crippen LogP contribution in [0.4, 0.5) is 10.5 Å². The Morgan fingerprint density at radius 3 is 2.75 bits per heavy atom. The maximum absolute atomic E-state index is 12.4. The second-order valence-electron chi connectivity index (χ2n) is 5.02. The molecule has 0 unspecified atom stereocenters. The average molecular weight is 359 g/mol. The Balaban J connectivity index is 2.10.